The van der Waals surface area contributed by atoms with Crippen LogP contribution in [0.3, 0.4) is 0 Å². The molecule has 0 radical (unpaired) electrons. The van der Waals surface area contributed by atoms with Crippen LogP contribution in [0.25, 0.3) is 0 Å². The van der Waals surface area contributed by atoms with Gasteiger partial charge < -0.3 is 15.0 Å². The molecule has 0 aromatic heterocycles. The van der Waals surface area contributed by atoms with Crippen LogP contribution in [0.5, 0.6) is 0 Å². The number of rotatable bonds is 7. The lowest BCUT2D eigenvalue weighted by Crippen LogP contribution is -2.42. The monoisotopic (exact) mass is 338 g/mol. The lowest BCUT2D eigenvalue weighted by atomic mass is 10.1. The van der Waals surface area contributed by atoms with E-state index in [-0.39, 0.29) is 12.0 Å². The second-order valence-electron chi connectivity index (χ2n) is 6.44. The van der Waals surface area contributed by atoms with Gasteiger partial charge in [-0.3, -0.25) is 4.79 Å². The van der Waals surface area contributed by atoms with E-state index in [9.17, 15) is 4.79 Å². The van der Waals surface area contributed by atoms with E-state index in [1.54, 1.807) is 0 Å². The highest BCUT2D eigenvalue weighted by atomic mass is 16.5. The van der Waals surface area contributed by atoms with Crippen LogP contribution in [0.2, 0.25) is 0 Å². The SMILES string of the molecule is O=C(CC1CNCCO1)N(CCc1ccccc1)Cc1ccccc1. The van der Waals surface area contributed by atoms with Crippen molar-refractivity contribution in [1.82, 2.24) is 10.2 Å². The zero-order chi connectivity index (χ0) is 17.3. The van der Waals surface area contributed by atoms with Gasteiger partial charge in [-0.1, -0.05) is 60.7 Å². The van der Waals surface area contributed by atoms with Crippen LogP contribution in [0.1, 0.15) is 17.5 Å². The normalized spacial score (nSPS) is 17.2. The minimum absolute atomic E-state index is 0.0174. The van der Waals surface area contributed by atoms with Crippen molar-refractivity contribution >= 4 is 5.91 Å². The summed E-state index contributed by atoms with van der Waals surface area (Å²) in [4.78, 5) is 14.8. The first-order valence-electron chi connectivity index (χ1n) is 8.99. The molecule has 3 rings (SSSR count). The number of hydrogen-bond donors (Lipinski definition) is 1. The van der Waals surface area contributed by atoms with E-state index in [0.29, 0.717) is 19.6 Å². The van der Waals surface area contributed by atoms with Gasteiger partial charge in [0.25, 0.3) is 0 Å². The number of carbonyl (C=O) groups is 1. The second kappa shape index (κ2) is 9.35. The number of nitrogens with zero attached hydrogens (tertiary/aromatic N) is 1. The highest BCUT2D eigenvalue weighted by Gasteiger charge is 2.21. The van der Waals surface area contributed by atoms with Gasteiger partial charge in [-0.05, 0) is 17.5 Å². The summed E-state index contributed by atoms with van der Waals surface area (Å²) < 4.78 is 5.70. The Kier molecular flexibility index (Phi) is 6.60. The van der Waals surface area contributed by atoms with Crippen LogP contribution in [0.15, 0.2) is 60.7 Å². The van der Waals surface area contributed by atoms with Gasteiger partial charge in [0.15, 0.2) is 0 Å². The minimum Gasteiger partial charge on any atom is -0.375 e. The lowest BCUT2D eigenvalue weighted by Gasteiger charge is -2.28. The van der Waals surface area contributed by atoms with E-state index in [2.05, 4.69) is 29.6 Å². The van der Waals surface area contributed by atoms with E-state index in [1.165, 1.54) is 5.56 Å². The van der Waals surface area contributed by atoms with Crippen molar-refractivity contribution in [1.29, 1.82) is 0 Å². The average molecular weight is 338 g/mol. The van der Waals surface area contributed by atoms with Crippen molar-refractivity contribution in [3.05, 3.63) is 71.8 Å². The summed E-state index contributed by atoms with van der Waals surface area (Å²) in [6, 6.07) is 20.5. The van der Waals surface area contributed by atoms with E-state index >= 15 is 0 Å². The number of morpholine rings is 1. The van der Waals surface area contributed by atoms with Gasteiger partial charge in [0, 0.05) is 26.2 Å². The van der Waals surface area contributed by atoms with Crippen LogP contribution in [-0.2, 0) is 22.5 Å². The Labute approximate surface area is 149 Å². The molecule has 1 amide bonds. The molecule has 1 heterocycles. The first-order valence-corrected chi connectivity index (χ1v) is 8.99. The molecule has 0 aliphatic carbocycles. The van der Waals surface area contributed by atoms with Gasteiger partial charge in [-0.15, -0.1) is 0 Å². The Morgan fingerprint density at radius 3 is 2.36 bits per heavy atom. The van der Waals surface area contributed by atoms with Gasteiger partial charge in [-0.25, -0.2) is 0 Å². The molecule has 1 unspecified atom stereocenters. The molecule has 1 aliphatic rings. The molecule has 1 atom stereocenters. The Balaban J connectivity index is 1.63. The standard InChI is InChI=1S/C21H26N2O2/c24-21(15-20-16-22-12-14-25-20)23(17-19-9-5-2-6-10-19)13-11-18-7-3-1-4-8-18/h1-10,20,22H,11-17H2. The number of nitrogens with one attached hydrogen (secondary N) is 1. The Morgan fingerprint density at radius 1 is 1.04 bits per heavy atom. The zero-order valence-electron chi connectivity index (χ0n) is 14.6. The molecule has 1 fully saturated rings. The summed E-state index contributed by atoms with van der Waals surface area (Å²) in [5.41, 5.74) is 2.41. The predicted molar refractivity (Wildman–Crippen MR) is 99.2 cm³/mol. The fourth-order valence-corrected chi connectivity index (χ4v) is 3.08. The molecule has 2 aromatic carbocycles. The third-order valence-corrected chi connectivity index (χ3v) is 4.49. The molecule has 132 valence electrons. The summed E-state index contributed by atoms with van der Waals surface area (Å²) in [5.74, 6) is 0.161. The quantitative estimate of drug-likeness (QED) is 0.844. The molecular weight excluding hydrogens is 312 g/mol. The maximum absolute atomic E-state index is 12.9. The maximum Gasteiger partial charge on any atom is 0.225 e. The van der Waals surface area contributed by atoms with Gasteiger partial charge in [0.1, 0.15) is 0 Å². The molecule has 1 saturated heterocycles. The summed E-state index contributed by atoms with van der Waals surface area (Å²) in [5, 5.41) is 3.29. The number of carbonyl (C=O) groups excluding carboxylic acids is 1. The number of ether oxygens (including phenoxy) is 1. The van der Waals surface area contributed by atoms with Gasteiger partial charge in [-0.2, -0.15) is 0 Å². The average Bonchev–Trinajstić information content (AvgIpc) is 2.67. The highest BCUT2D eigenvalue weighted by molar-refractivity contribution is 5.76. The summed E-state index contributed by atoms with van der Waals surface area (Å²) in [6.45, 7) is 3.67. The minimum atomic E-state index is -0.0174. The number of benzene rings is 2. The van der Waals surface area contributed by atoms with Crippen molar-refractivity contribution in [3.8, 4) is 0 Å². The van der Waals surface area contributed by atoms with E-state index < -0.39 is 0 Å². The Hall–Kier alpha value is -2.17. The van der Waals surface area contributed by atoms with E-state index in [0.717, 1.165) is 31.6 Å². The van der Waals surface area contributed by atoms with Crippen LogP contribution in [0, 0.1) is 0 Å². The first kappa shape index (κ1) is 17.6. The van der Waals surface area contributed by atoms with Crippen molar-refractivity contribution in [2.45, 2.75) is 25.5 Å². The van der Waals surface area contributed by atoms with Crippen LogP contribution >= 0.6 is 0 Å². The van der Waals surface area contributed by atoms with Crippen molar-refractivity contribution < 1.29 is 9.53 Å². The molecule has 1 aliphatic heterocycles. The van der Waals surface area contributed by atoms with Crippen molar-refractivity contribution in [2.24, 2.45) is 0 Å². The summed E-state index contributed by atoms with van der Waals surface area (Å²) in [6.07, 6.45) is 1.29. The molecule has 0 spiro atoms. The Morgan fingerprint density at radius 2 is 1.72 bits per heavy atom. The van der Waals surface area contributed by atoms with Gasteiger partial charge >= 0.3 is 0 Å². The topological polar surface area (TPSA) is 41.6 Å². The molecule has 1 N–H and O–H groups in total. The van der Waals surface area contributed by atoms with Crippen LogP contribution in [0.4, 0.5) is 0 Å². The number of hydrogen-bond acceptors (Lipinski definition) is 3. The molecule has 4 heteroatoms. The summed E-state index contributed by atoms with van der Waals surface area (Å²) in [7, 11) is 0. The number of amides is 1. The highest BCUT2D eigenvalue weighted by Crippen LogP contribution is 2.11. The lowest BCUT2D eigenvalue weighted by molar-refractivity contribution is -0.135. The maximum atomic E-state index is 12.9. The predicted octanol–water partition coefficient (Wildman–Crippen LogP) is 2.64. The fourth-order valence-electron chi connectivity index (χ4n) is 3.08. The smallest absolute Gasteiger partial charge is 0.225 e. The third kappa shape index (κ3) is 5.69. The fraction of sp³-hybridized carbons (Fsp3) is 0.381. The van der Waals surface area contributed by atoms with E-state index in [4.69, 9.17) is 4.74 Å². The molecule has 4 nitrogen and oxygen atoms in total. The van der Waals surface area contributed by atoms with Crippen LogP contribution in [-0.4, -0.2) is 43.2 Å². The summed E-state index contributed by atoms with van der Waals surface area (Å²) >= 11 is 0. The molecule has 0 bridgehead atoms. The van der Waals surface area contributed by atoms with Gasteiger partial charge in [0.05, 0.1) is 19.1 Å². The van der Waals surface area contributed by atoms with Crippen molar-refractivity contribution in [2.75, 3.05) is 26.2 Å². The molecule has 25 heavy (non-hydrogen) atoms. The van der Waals surface area contributed by atoms with Crippen LogP contribution < -0.4 is 5.32 Å². The zero-order valence-corrected chi connectivity index (χ0v) is 14.6. The van der Waals surface area contributed by atoms with E-state index in [1.807, 2.05) is 41.3 Å². The molecule has 2 aromatic rings. The first-order chi connectivity index (χ1) is 12.3. The van der Waals surface area contributed by atoms with Crippen molar-refractivity contribution in [3.63, 3.8) is 0 Å². The van der Waals surface area contributed by atoms with Gasteiger partial charge in [0.2, 0.25) is 5.91 Å². The molecular formula is C21H26N2O2. The molecule has 0 saturated carbocycles. The second-order valence-corrected chi connectivity index (χ2v) is 6.44. The third-order valence-electron chi connectivity index (χ3n) is 4.49. The Bertz CT molecular complexity index is 639. The largest absolute Gasteiger partial charge is 0.375 e.